The minimum atomic E-state index is -2.83. The zero-order chi connectivity index (χ0) is 12.3. The van der Waals surface area contributed by atoms with E-state index in [2.05, 4.69) is 25.7 Å². The average molecular weight is 298 g/mol. The zero-order valence-electron chi connectivity index (χ0n) is 8.14. The smallest absolute Gasteiger partial charge is 0.311 e. The van der Waals surface area contributed by atoms with Crippen LogP contribution in [0.25, 0.3) is 0 Å². The van der Waals surface area contributed by atoms with Crippen molar-refractivity contribution < 1.29 is 22.7 Å². The first-order valence-corrected chi connectivity index (χ1v) is 4.94. The number of methoxy groups -OCH3 is 1. The summed E-state index contributed by atoms with van der Waals surface area (Å²) in [6.45, 7) is 0. The van der Waals surface area contributed by atoms with Gasteiger partial charge in [0.15, 0.2) is 0 Å². The van der Waals surface area contributed by atoms with Crippen LogP contribution < -0.4 is 0 Å². The number of halogens is 4. The van der Waals surface area contributed by atoms with Crippen molar-refractivity contribution in [1.82, 2.24) is 4.98 Å². The predicted octanol–water partition coefficient (Wildman–Crippen LogP) is 2.64. The second-order valence-electron chi connectivity index (χ2n) is 2.85. The molecule has 0 aliphatic carbocycles. The molecule has 0 saturated carbocycles. The molecule has 3 nitrogen and oxygen atoms in total. The molecule has 0 aliphatic heterocycles. The normalized spacial score (nSPS) is 10.6. The van der Waals surface area contributed by atoms with Gasteiger partial charge in [0.2, 0.25) is 5.95 Å². The summed E-state index contributed by atoms with van der Waals surface area (Å²) in [4.78, 5) is 14.2. The standard InChI is InChI=1S/C9H7BrF3NO2/c1-16-7(15)3-6-4(8(11)12)2-5(10)9(13)14-6/h2,8H,3H2,1H3. The molecule has 1 aromatic heterocycles. The number of rotatable bonds is 3. The highest BCUT2D eigenvalue weighted by molar-refractivity contribution is 9.10. The van der Waals surface area contributed by atoms with Gasteiger partial charge >= 0.3 is 5.97 Å². The number of ether oxygens (including phenoxy) is 1. The number of esters is 1. The van der Waals surface area contributed by atoms with Crippen LogP contribution in [0, 0.1) is 5.95 Å². The van der Waals surface area contributed by atoms with E-state index in [1.54, 1.807) is 0 Å². The molecule has 0 bridgehead atoms. The Bertz CT molecular complexity index is 412. The summed E-state index contributed by atoms with van der Waals surface area (Å²) in [5, 5.41) is 0. The lowest BCUT2D eigenvalue weighted by Gasteiger charge is -2.08. The Labute approximate surface area is 97.8 Å². The van der Waals surface area contributed by atoms with E-state index in [0.717, 1.165) is 13.2 Å². The Morgan fingerprint density at radius 1 is 1.62 bits per heavy atom. The highest BCUT2D eigenvalue weighted by Gasteiger charge is 2.19. The molecular formula is C9H7BrF3NO2. The Kier molecular flexibility index (Phi) is 4.28. The first-order chi connectivity index (χ1) is 7.45. The third kappa shape index (κ3) is 2.94. The molecule has 1 aromatic rings. The topological polar surface area (TPSA) is 39.2 Å². The molecule has 0 aromatic carbocycles. The van der Waals surface area contributed by atoms with Gasteiger partial charge < -0.3 is 4.74 Å². The predicted molar refractivity (Wildman–Crippen MR) is 52.6 cm³/mol. The van der Waals surface area contributed by atoms with E-state index in [9.17, 15) is 18.0 Å². The van der Waals surface area contributed by atoms with E-state index in [0.29, 0.717) is 0 Å². The molecule has 0 amide bonds. The molecule has 0 spiro atoms. The van der Waals surface area contributed by atoms with Crippen LogP contribution in [0.5, 0.6) is 0 Å². The first kappa shape index (κ1) is 13.0. The fourth-order valence-electron chi connectivity index (χ4n) is 1.06. The Balaban J connectivity index is 3.14. The average Bonchev–Trinajstić information content (AvgIpc) is 2.22. The second kappa shape index (κ2) is 5.29. The quantitative estimate of drug-likeness (QED) is 0.636. The fraction of sp³-hybridized carbons (Fsp3) is 0.333. The lowest BCUT2D eigenvalue weighted by molar-refractivity contribution is -0.139. The molecule has 1 rings (SSSR count). The number of nitrogens with zero attached hydrogens (tertiary/aromatic N) is 1. The molecule has 7 heteroatoms. The molecule has 88 valence electrons. The molecule has 16 heavy (non-hydrogen) atoms. The Morgan fingerprint density at radius 2 is 2.25 bits per heavy atom. The minimum absolute atomic E-state index is 0.170. The van der Waals surface area contributed by atoms with Crippen molar-refractivity contribution in [2.45, 2.75) is 12.8 Å². The lowest BCUT2D eigenvalue weighted by Crippen LogP contribution is -2.10. The molecular weight excluding hydrogens is 291 g/mol. The molecule has 0 saturated heterocycles. The first-order valence-electron chi connectivity index (χ1n) is 4.15. The molecule has 0 radical (unpaired) electrons. The summed E-state index contributed by atoms with van der Waals surface area (Å²) in [6, 6.07) is 0.908. The number of hydrogen-bond donors (Lipinski definition) is 0. The highest BCUT2D eigenvalue weighted by atomic mass is 79.9. The number of carbonyl (C=O) groups excluding carboxylic acids is 1. The molecule has 0 aliphatic rings. The van der Waals surface area contributed by atoms with E-state index in [1.165, 1.54) is 0 Å². The van der Waals surface area contributed by atoms with Crippen molar-refractivity contribution in [1.29, 1.82) is 0 Å². The van der Waals surface area contributed by atoms with Gasteiger partial charge in [-0.05, 0) is 22.0 Å². The van der Waals surface area contributed by atoms with Crippen molar-refractivity contribution in [3.05, 3.63) is 27.7 Å². The summed E-state index contributed by atoms with van der Waals surface area (Å²) in [7, 11) is 1.11. The fourth-order valence-corrected chi connectivity index (χ4v) is 1.39. The van der Waals surface area contributed by atoms with Crippen molar-refractivity contribution in [2.24, 2.45) is 0 Å². The zero-order valence-corrected chi connectivity index (χ0v) is 9.72. The maximum absolute atomic E-state index is 13.0. The van der Waals surface area contributed by atoms with Crippen LogP contribution in [-0.2, 0) is 16.0 Å². The summed E-state index contributed by atoms with van der Waals surface area (Å²) >= 11 is 2.74. The van der Waals surface area contributed by atoms with Gasteiger partial charge in [0.05, 0.1) is 23.7 Å². The minimum Gasteiger partial charge on any atom is -0.469 e. The van der Waals surface area contributed by atoms with Crippen molar-refractivity contribution in [3.63, 3.8) is 0 Å². The third-order valence-electron chi connectivity index (χ3n) is 1.82. The molecule has 1 heterocycles. The van der Waals surface area contributed by atoms with E-state index < -0.39 is 30.3 Å². The van der Waals surface area contributed by atoms with Gasteiger partial charge in [-0.25, -0.2) is 13.8 Å². The maximum atomic E-state index is 13.0. The highest BCUT2D eigenvalue weighted by Crippen LogP contribution is 2.26. The van der Waals surface area contributed by atoms with E-state index >= 15 is 0 Å². The molecule has 0 fully saturated rings. The largest absolute Gasteiger partial charge is 0.469 e. The molecule has 0 unspecified atom stereocenters. The van der Waals surface area contributed by atoms with Gasteiger partial charge in [-0.3, -0.25) is 4.79 Å². The Hall–Kier alpha value is -1.11. The van der Waals surface area contributed by atoms with Crippen molar-refractivity contribution in [3.8, 4) is 0 Å². The van der Waals surface area contributed by atoms with Crippen LogP contribution in [0.3, 0.4) is 0 Å². The SMILES string of the molecule is COC(=O)Cc1nc(F)c(Br)cc1C(F)F. The van der Waals surface area contributed by atoms with Crippen LogP contribution in [0.1, 0.15) is 17.7 Å². The summed E-state index contributed by atoms with van der Waals surface area (Å²) < 4.78 is 42.3. The van der Waals surface area contributed by atoms with Gasteiger partial charge in [-0.15, -0.1) is 0 Å². The molecule has 0 atom stereocenters. The Morgan fingerprint density at radius 3 is 2.75 bits per heavy atom. The number of pyridine rings is 1. The van der Waals surface area contributed by atoms with Gasteiger partial charge in [0.25, 0.3) is 6.43 Å². The lowest BCUT2D eigenvalue weighted by atomic mass is 10.1. The number of carbonyl (C=O) groups is 1. The summed E-state index contributed by atoms with van der Waals surface area (Å²) in [5.41, 5.74) is -0.804. The van der Waals surface area contributed by atoms with Crippen LogP contribution in [0.2, 0.25) is 0 Å². The van der Waals surface area contributed by atoms with Gasteiger partial charge in [0.1, 0.15) is 0 Å². The van der Waals surface area contributed by atoms with E-state index in [-0.39, 0.29) is 10.2 Å². The number of hydrogen-bond acceptors (Lipinski definition) is 3. The van der Waals surface area contributed by atoms with Crippen LogP contribution in [-0.4, -0.2) is 18.1 Å². The van der Waals surface area contributed by atoms with E-state index in [1.807, 2.05) is 0 Å². The summed E-state index contributed by atoms with van der Waals surface area (Å²) in [6.07, 6.45) is -3.32. The molecule has 0 N–H and O–H groups in total. The summed E-state index contributed by atoms with van der Waals surface area (Å²) in [5.74, 6) is -1.69. The number of alkyl halides is 2. The third-order valence-corrected chi connectivity index (χ3v) is 2.38. The van der Waals surface area contributed by atoms with Crippen molar-refractivity contribution in [2.75, 3.05) is 7.11 Å². The van der Waals surface area contributed by atoms with Crippen LogP contribution >= 0.6 is 15.9 Å². The van der Waals surface area contributed by atoms with Crippen molar-refractivity contribution >= 4 is 21.9 Å². The maximum Gasteiger partial charge on any atom is 0.311 e. The second-order valence-corrected chi connectivity index (χ2v) is 3.70. The van der Waals surface area contributed by atoms with Crippen LogP contribution in [0.4, 0.5) is 13.2 Å². The van der Waals surface area contributed by atoms with Crippen LogP contribution in [0.15, 0.2) is 10.5 Å². The van der Waals surface area contributed by atoms with E-state index in [4.69, 9.17) is 0 Å². The van der Waals surface area contributed by atoms with Gasteiger partial charge in [-0.1, -0.05) is 0 Å². The van der Waals surface area contributed by atoms with Gasteiger partial charge in [0, 0.05) is 5.56 Å². The number of aromatic nitrogens is 1. The van der Waals surface area contributed by atoms with Gasteiger partial charge in [-0.2, -0.15) is 4.39 Å². The monoisotopic (exact) mass is 297 g/mol.